The molecule has 134 valence electrons. The first-order valence-electron chi connectivity index (χ1n) is 7.96. The third-order valence-electron chi connectivity index (χ3n) is 3.95. The minimum atomic E-state index is -4.48. The number of likely N-dealkylation sites (N-methyl/N-ethyl adjacent to an activating group) is 1. The smallest absolute Gasteiger partial charge is 0.419 e. The number of hydrogen-bond acceptors (Lipinski definition) is 2. The van der Waals surface area contributed by atoms with Crippen molar-refractivity contribution in [3.8, 4) is 5.75 Å². The maximum atomic E-state index is 13.1. The molecule has 6 heteroatoms. The molecular weight excluding hydrogens is 331 g/mol. The fourth-order valence-electron chi connectivity index (χ4n) is 2.61. The third-order valence-corrected chi connectivity index (χ3v) is 3.95. The first kappa shape index (κ1) is 18.8. The van der Waals surface area contributed by atoms with Crippen LogP contribution in [0.2, 0.25) is 0 Å². The SMILES string of the molecule is CCc1cccc(CC(=O)NC)c1COc1ccccc1C(F)(F)F. The number of rotatable bonds is 6. The predicted molar refractivity (Wildman–Crippen MR) is 89.4 cm³/mol. The summed E-state index contributed by atoms with van der Waals surface area (Å²) >= 11 is 0. The number of ether oxygens (including phenoxy) is 1. The largest absolute Gasteiger partial charge is 0.488 e. The number of para-hydroxylation sites is 1. The van der Waals surface area contributed by atoms with Crippen LogP contribution in [0.25, 0.3) is 0 Å². The second-order valence-electron chi connectivity index (χ2n) is 5.54. The van der Waals surface area contributed by atoms with Crippen molar-refractivity contribution < 1.29 is 22.7 Å². The van der Waals surface area contributed by atoms with Gasteiger partial charge in [0.1, 0.15) is 12.4 Å². The lowest BCUT2D eigenvalue weighted by atomic mass is 9.97. The summed E-state index contributed by atoms with van der Waals surface area (Å²) in [6.07, 6.45) is -3.63. The van der Waals surface area contributed by atoms with E-state index in [2.05, 4.69) is 5.32 Å². The van der Waals surface area contributed by atoms with Crippen molar-refractivity contribution in [3.05, 3.63) is 64.7 Å². The lowest BCUT2D eigenvalue weighted by Gasteiger charge is -2.17. The summed E-state index contributed by atoms with van der Waals surface area (Å²) in [5.41, 5.74) is 1.65. The predicted octanol–water partition coefficient (Wildman–Crippen LogP) is 4.14. The number of amides is 1. The Morgan fingerprint density at radius 1 is 1.08 bits per heavy atom. The first-order chi connectivity index (χ1) is 11.9. The van der Waals surface area contributed by atoms with Gasteiger partial charge in [-0.2, -0.15) is 13.2 Å². The highest BCUT2D eigenvalue weighted by Crippen LogP contribution is 2.36. The molecule has 1 N–H and O–H groups in total. The average Bonchev–Trinajstić information content (AvgIpc) is 2.59. The van der Waals surface area contributed by atoms with E-state index >= 15 is 0 Å². The number of carbonyl (C=O) groups excluding carboxylic acids is 1. The molecule has 0 aromatic heterocycles. The zero-order valence-electron chi connectivity index (χ0n) is 14.1. The number of nitrogens with one attached hydrogen (secondary N) is 1. The van der Waals surface area contributed by atoms with E-state index < -0.39 is 11.7 Å². The molecule has 0 aliphatic rings. The van der Waals surface area contributed by atoms with E-state index in [1.54, 1.807) is 13.1 Å². The van der Waals surface area contributed by atoms with Crippen molar-refractivity contribution in [1.29, 1.82) is 0 Å². The van der Waals surface area contributed by atoms with E-state index in [1.165, 1.54) is 18.2 Å². The Labute approximate surface area is 144 Å². The van der Waals surface area contributed by atoms with Crippen molar-refractivity contribution in [2.75, 3.05) is 7.05 Å². The molecule has 0 radical (unpaired) electrons. The Balaban J connectivity index is 2.30. The molecule has 0 fully saturated rings. The van der Waals surface area contributed by atoms with E-state index in [-0.39, 0.29) is 24.7 Å². The molecule has 0 spiro atoms. The molecule has 0 aliphatic carbocycles. The summed E-state index contributed by atoms with van der Waals surface area (Å²) in [6.45, 7) is 1.93. The number of aryl methyl sites for hydroxylation is 1. The molecule has 0 bridgehead atoms. The molecule has 0 aliphatic heterocycles. The van der Waals surface area contributed by atoms with Gasteiger partial charge < -0.3 is 10.1 Å². The standard InChI is InChI=1S/C19H20F3NO2/c1-3-13-7-6-8-14(11-18(24)23-2)15(13)12-25-17-10-5-4-9-16(17)19(20,21)22/h4-10H,3,11-12H2,1-2H3,(H,23,24). The molecule has 0 unspecified atom stereocenters. The highest BCUT2D eigenvalue weighted by atomic mass is 19.4. The summed E-state index contributed by atoms with van der Waals surface area (Å²) in [5, 5.41) is 2.55. The molecule has 2 aromatic carbocycles. The van der Waals surface area contributed by atoms with Crippen LogP contribution in [-0.4, -0.2) is 13.0 Å². The van der Waals surface area contributed by atoms with Crippen molar-refractivity contribution in [2.24, 2.45) is 0 Å². The first-order valence-corrected chi connectivity index (χ1v) is 7.96. The van der Waals surface area contributed by atoms with Gasteiger partial charge in [0.25, 0.3) is 0 Å². The lowest BCUT2D eigenvalue weighted by Crippen LogP contribution is -2.21. The van der Waals surface area contributed by atoms with E-state index in [0.29, 0.717) is 6.42 Å². The van der Waals surface area contributed by atoms with Crippen LogP contribution in [0.15, 0.2) is 42.5 Å². The highest BCUT2D eigenvalue weighted by molar-refractivity contribution is 5.78. The fraction of sp³-hybridized carbons (Fsp3) is 0.316. The molecule has 3 nitrogen and oxygen atoms in total. The minimum Gasteiger partial charge on any atom is -0.488 e. The Kier molecular flexibility index (Phi) is 6.07. The summed E-state index contributed by atoms with van der Waals surface area (Å²) in [4.78, 5) is 11.7. The minimum absolute atomic E-state index is 0.0244. The van der Waals surface area contributed by atoms with Gasteiger partial charge in [0.2, 0.25) is 5.91 Å². The molecule has 25 heavy (non-hydrogen) atoms. The molecule has 2 aromatic rings. The molecule has 0 saturated carbocycles. The van der Waals surface area contributed by atoms with Crippen molar-refractivity contribution in [1.82, 2.24) is 5.32 Å². The van der Waals surface area contributed by atoms with Crippen LogP contribution < -0.4 is 10.1 Å². The molecule has 0 atom stereocenters. The normalized spacial score (nSPS) is 11.2. The van der Waals surface area contributed by atoms with Crippen LogP contribution in [0.4, 0.5) is 13.2 Å². The quantitative estimate of drug-likeness (QED) is 0.850. The highest BCUT2D eigenvalue weighted by Gasteiger charge is 2.34. The van der Waals surface area contributed by atoms with Gasteiger partial charge in [0, 0.05) is 7.05 Å². The maximum Gasteiger partial charge on any atom is 0.419 e. The molecule has 0 heterocycles. The van der Waals surface area contributed by atoms with Crippen molar-refractivity contribution in [2.45, 2.75) is 32.5 Å². The number of alkyl halides is 3. The Morgan fingerprint density at radius 2 is 1.76 bits per heavy atom. The van der Waals surface area contributed by atoms with Gasteiger partial charge >= 0.3 is 6.18 Å². The molecule has 1 amide bonds. The lowest BCUT2D eigenvalue weighted by molar-refractivity contribution is -0.139. The van der Waals surface area contributed by atoms with Crippen LogP contribution >= 0.6 is 0 Å². The topological polar surface area (TPSA) is 38.3 Å². The van der Waals surface area contributed by atoms with Crippen LogP contribution in [-0.2, 0) is 30.4 Å². The van der Waals surface area contributed by atoms with Gasteiger partial charge in [0.15, 0.2) is 0 Å². The zero-order chi connectivity index (χ0) is 18.4. The third kappa shape index (κ3) is 4.75. The van der Waals surface area contributed by atoms with Gasteiger partial charge in [0.05, 0.1) is 12.0 Å². The number of halogens is 3. The summed E-state index contributed by atoms with van der Waals surface area (Å²) < 4.78 is 44.7. The van der Waals surface area contributed by atoms with E-state index in [4.69, 9.17) is 4.74 Å². The second-order valence-corrected chi connectivity index (χ2v) is 5.54. The van der Waals surface area contributed by atoms with Gasteiger partial charge in [-0.3, -0.25) is 4.79 Å². The van der Waals surface area contributed by atoms with E-state index in [1.807, 2.05) is 19.1 Å². The van der Waals surface area contributed by atoms with Crippen LogP contribution in [0.1, 0.15) is 29.2 Å². The van der Waals surface area contributed by atoms with Crippen LogP contribution in [0, 0.1) is 0 Å². The van der Waals surface area contributed by atoms with Gasteiger partial charge in [-0.1, -0.05) is 37.3 Å². The van der Waals surface area contributed by atoms with E-state index in [0.717, 1.165) is 22.8 Å². The summed E-state index contributed by atoms with van der Waals surface area (Å²) in [7, 11) is 1.54. The molecule has 0 saturated heterocycles. The summed E-state index contributed by atoms with van der Waals surface area (Å²) in [6, 6.07) is 10.6. The average molecular weight is 351 g/mol. The number of carbonyl (C=O) groups is 1. The summed E-state index contributed by atoms with van der Waals surface area (Å²) in [5.74, 6) is -0.378. The second kappa shape index (κ2) is 8.05. The van der Waals surface area contributed by atoms with Gasteiger partial charge in [-0.05, 0) is 35.2 Å². The Hall–Kier alpha value is -2.50. The van der Waals surface area contributed by atoms with Gasteiger partial charge in [-0.25, -0.2) is 0 Å². The molecular formula is C19H20F3NO2. The van der Waals surface area contributed by atoms with Crippen LogP contribution in [0.3, 0.4) is 0 Å². The zero-order valence-corrected chi connectivity index (χ0v) is 14.1. The van der Waals surface area contributed by atoms with E-state index in [9.17, 15) is 18.0 Å². The van der Waals surface area contributed by atoms with Gasteiger partial charge in [-0.15, -0.1) is 0 Å². The van der Waals surface area contributed by atoms with Crippen molar-refractivity contribution in [3.63, 3.8) is 0 Å². The fourth-order valence-corrected chi connectivity index (χ4v) is 2.61. The van der Waals surface area contributed by atoms with Crippen molar-refractivity contribution >= 4 is 5.91 Å². The van der Waals surface area contributed by atoms with Crippen LogP contribution in [0.5, 0.6) is 5.75 Å². The maximum absolute atomic E-state index is 13.1. The number of benzene rings is 2. The molecule has 2 rings (SSSR count). The Bertz CT molecular complexity index is 742. The number of hydrogen-bond donors (Lipinski definition) is 1. The monoisotopic (exact) mass is 351 g/mol. The Morgan fingerprint density at radius 3 is 2.40 bits per heavy atom.